The van der Waals surface area contributed by atoms with Gasteiger partial charge >= 0.3 is 4.87 Å². The van der Waals surface area contributed by atoms with Crippen molar-refractivity contribution in [1.82, 2.24) is 4.57 Å². The second kappa shape index (κ2) is 6.90. The van der Waals surface area contributed by atoms with Crippen molar-refractivity contribution in [1.29, 1.82) is 0 Å². The highest BCUT2D eigenvalue weighted by Crippen LogP contribution is 2.21. The molecular weight excluding hydrogens is 288 g/mol. The first kappa shape index (κ1) is 15.1. The minimum absolute atomic E-state index is 0.0837. The fourth-order valence-corrected chi connectivity index (χ4v) is 2.48. The lowest BCUT2D eigenvalue weighted by Gasteiger charge is -2.01. The molecule has 1 aromatic heterocycles. The van der Waals surface area contributed by atoms with Gasteiger partial charge in [0.05, 0.1) is 18.5 Å². The largest absolute Gasteiger partial charge is 0.494 e. The van der Waals surface area contributed by atoms with E-state index in [9.17, 15) is 9.90 Å². The van der Waals surface area contributed by atoms with E-state index in [1.807, 2.05) is 31.2 Å². The zero-order valence-electron chi connectivity index (χ0n) is 11.7. The van der Waals surface area contributed by atoms with Crippen LogP contribution in [0.3, 0.4) is 0 Å². The van der Waals surface area contributed by atoms with Gasteiger partial charge in [0.2, 0.25) is 5.88 Å². The Labute approximate surface area is 126 Å². The molecule has 1 aromatic carbocycles. The first-order chi connectivity index (χ1) is 10.2. The summed E-state index contributed by atoms with van der Waals surface area (Å²) < 4.78 is 6.59. The van der Waals surface area contributed by atoms with Crippen molar-refractivity contribution in [3.63, 3.8) is 0 Å². The summed E-state index contributed by atoms with van der Waals surface area (Å²) in [4.78, 5) is 16.1. The van der Waals surface area contributed by atoms with Crippen LogP contribution in [0.25, 0.3) is 0 Å². The third kappa shape index (κ3) is 3.61. The van der Waals surface area contributed by atoms with E-state index in [2.05, 4.69) is 11.6 Å². The molecule has 110 valence electrons. The second-order valence-corrected chi connectivity index (χ2v) is 5.13. The molecule has 0 amide bonds. The number of hydrogen-bond acceptors (Lipinski definition) is 5. The Morgan fingerprint density at radius 2 is 2.14 bits per heavy atom. The van der Waals surface area contributed by atoms with E-state index < -0.39 is 0 Å². The zero-order valence-corrected chi connectivity index (χ0v) is 12.5. The average molecular weight is 304 g/mol. The number of aromatic nitrogens is 1. The first-order valence-corrected chi connectivity index (χ1v) is 7.27. The van der Waals surface area contributed by atoms with Gasteiger partial charge in [-0.1, -0.05) is 17.4 Å². The van der Waals surface area contributed by atoms with Crippen molar-refractivity contribution < 1.29 is 9.84 Å². The lowest BCUT2D eigenvalue weighted by molar-refractivity contribution is 0.340. The SMILES string of the molecule is C=CCn1c(O)c(C=Nc2ccc(OCC)cc2)sc1=O. The maximum Gasteiger partial charge on any atom is 0.310 e. The van der Waals surface area contributed by atoms with E-state index in [0.717, 1.165) is 17.1 Å². The topological polar surface area (TPSA) is 63.8 Å². The van der Waals surface area contributed by atoms with Crippen LogP contribution < -0.4 is 9.61 Å². The van der Waals surface area contributed by atoms with Crippen LogP contribution in [0.5, 0.6) is 11.6 Å². The molecular formula is C15H16N2O3S. The normalized spacial score (nSPS) is 10.9. The Bertz CT molecular complexity index is 699. The molecule has 0 radical (unpaired) electrons. The van der Waals surface area contributed by atoms with Crippen molar-refractivity contribution in [2.24, 2.45) is 4.99 Å². The highest BCUT2D eigenvalue weighted by molar-refractivity contribution is 7.11. The molecule has 1 heterocycles. The third-order valence-corrected chi connectivity index (χ3v) is 3.59. The summed E-state index contributed by atoms with van der Waals surface area (Å²) in [6.07, 6.45) is 3.04. The molecule has 5 nitrogen and oxygen atoms in total. The summed E-state index contributed by atoms with van der Waals surface area (Å²) in [5.74, 6) is 0.695. The van der Waals surface area contributed by atoms with E-state index in [4.69, 9.17) is 4.74 Å². The minimum atomic E-state index is -0.236. The smallest absolute Gasteiger partial charge is 0.310 e. The van der Waals surface area contributed by atoms with E-state index in [1.54, 1.807) is 6.08 Å². The maximum absolute atomic E-state index is 11.7. The maximum atomic E-state index is 11.7. The Balaban J connectivity index is 2.19. The van der Waals surface area contributed by atoms with Gasteiger partial charge in [-0.05, 0) is 31.2 Å². The first-order valence-electron chi connectivity index (χ1n) is 6.46. The fraction of sp³-hybridized carbons (Fsp3) is 0.200. The molecule has 0 aliphatic heterocycles. The highest BCUT2D eigenvalue weighted by atomic mass is 32.1. The van der Waals surface area contributed by atoms with Gasteiger partial charge in [0, 0.05) is 6.54 Å². The Morgan fingerprint density at radius 3 is 2.76 bits per heavy atom. The highest BCUT2D eigenvalue weighted by Gasteiger charge is 2.10. The van der Waals surface area contributed by atoms with Crippen molar-refractivity contribution in [2.75, 3.05) is 6.61 Å². The van der Waals surface area contributed by atoms with Crippen molar-refractivity contribution in [2.45, 2.75) is 13.5 Å². The molecule has 6 heteroatoms. The van der Waals surface area contributed by atoms with Crippen LogP contribution >= 0.6 is 11.3 Å². The third-order valence-electron chi connectivity index (χ3n) is 2.68. The summed E-state index contributed by atoms with van der Waals surface area (Å²) >= 11 is 0.947. The van der Waals surface area contributed by atoms with Crippen LogP contribution in [0.2, 0.25) is 0 Å². The van der Waals surface area contributed by atoms with Gasteiger partial charge in [-0.2, -0.15) is 0 Å². The molecule has 0 aliphatic rings. The number of benzene rings is 1. The summed E-state index contributed by atoms with van der Waals surface area (Å²) in [7, 11) is 0. The molecule has 0 saturated carbocycles. The van der Waals surface area contributed by atoms with Gasteiger partial charge in [0.25, 0.3) is 0 Å². The van der Waals surface area contributed by atoms with Crippen LogP contribution in [0.15, 0.2) is 46.7 Å². The predicted molar refractivity (Wildman–Crippen MR) is 85.3 cm³/mol. The summed E-state index contributed by atoms with van der Waals surface area (Å²) in [5, 5.41) is 9.95. The van der Waals surface area contributed by atoms with E-state index in [0.29, 0.717) is 17.2 Å². The Hall–Kier alpha value is -2.34. The zero-order chi connectivity index (χ0) is 15.2. The number of nitrogens with zero attached hydrogens (tertiary/aromatic N) is 2. The number of aliphatic imine (C=N–C) groups is 1. The quantitative estimate of drug-likeness (QED) is 0.659. The summed E-state index contributed by atoms with van der Waals surface area (Å²) in [6.45, 7) is 6.36. The van der Waals surface area contributed by atoms with E-state index in [1.165, 1.54) is 10.8 Å². The lowest BCUT2D eigenvalue weighted by atomic mass is 10.3. The monoisotopic (exact) mass is 304 g/mol. The van der Waals surface area contributed by atoms with Crippen molar-refractivity contribution >= 4 is 23.2 Å². The molecule has 1 N–H and O–H groups in total. The molecule has 21 heavy (non-hydrogen) atoms. The number of rotatable bonds is 6. The Morgan fingerprint density at radius 1 is 1.43 bits per heavy atom. The van der Waals surface area contributed by atoms with Gasteiger partial charge in [0.15, 0.2) is 0 Å². The molecule has 0 fully saturated rings. The van der Waals surface area contributed by atoms with Gasteiger partial charge in [-0.3, -0.25) is 14.4 Å². The molecule has 2 rings (SSSR count). The van der Waals surface area contributed by atoms with Gasteiger partial charge in [-0.15, -0.1) is 6.58 Å². The molecule has 2 aromatic rings. The molecule has 0 bridgehead atoms. The van der Waals surface area contributed by atoms with Crippen LogP contribution in [0, 0.1) is 0 Å². The van der Waals surface area contributed by atoms with Crippen molar-refractivity contribution in [3.8, 4) is 11.6 Å². The average Bonchev–Trinajstić information content (AvgIpc) is 2.75. The second-order valence-electron chi connectivity index (χ2n) is 4.14. The number of aromatic hydroxyl groups is 1. The summed E-state index contributed by atoms with van der Waals surface area (Å²) in [5.41, 5.74) is 0.717. The number of ether oxygens (including phenoxy) is 1. The molecule has 0 saturated heterocycles. The van der Waals surface area contributed by atoms with E-state index >= 15 is 0 Å². The molecule has 0 aliphatic carbocycles. The standard InChI is InChI=1S/C15H16N2O3S/c1-3-9-17-14(18)13(21-15(17)19)10-16-11-5-7-12(8-6-11)20-4-2/h3,5-8,10,18H,1,4,9H2,2H3. The number of allylic oxidation sites excluding steroid dienone is 1. The predicted octanol–water partition coefficient (Wildman–Crippen LogP) is 2.95. The number of hydrogen-bond donors (Lipinski definition) is 1. The number of thiazole rings is 1. The Kier molecular flexibility index (Phi) is 4.94. The molecule has 0 atom stereocenters. The summed E-state index contributed by atoms with van der Waals surface area (Å²) in [6, 6.07) is 7.26. The molecule has 0 unspecified atom stereocenters. The fourth-order valence-electron chi connectivity index (χ4n) is 1.72. The molecule has 0 spiro atoms. The minimum Gasteiger partial charge on any atom is -0.494 e. The lowest BCUT2D eigenvalue weighted by Crippen LogP contribution is -2.10. The van der Waals surface area contributed by atoms with Crippen molar-refractivity contribution in [3.05, 3.63) is 51.5 Å². The van der Waals surface area contributed by atoms with Crippen LogP contribution in [0.1, 0.15) is 11.8 Å². The van der Waals surface area contributed by atoms with Gasteiger partial charge in [-0.25, -0.2) is 0 Å². The van der Waals surface area contributed by atoms with Gasteiger partial charge in [0.1, 0.15) is 10.6 Å². The van der Waals surface area contributed by atoms with Crippen LogP contribution in [-0.2, 0) is 6.54 Å². The van der Waals surface area contributed by atoms with E-state index in [-0.39, 0.29) is 17.3 Å². The van der Waals surface area contributed by atoms with Crippen LogP contribution in [0.4, 0.5) is 5.69 Å². The van der Waals surface area contributed by atoms with Crippen LogP contribution in [-0.4, -0.2) is 22.5 Å². The van der Waals surface area contributed by atoms with Gasteiger partial charge < -0.3 is 9.84 Å².